The summed E-state index contributed by atoms with van der Waals surface area (Å²) in [5.74, 6) is -0.438. The van der Waals surface area contributed by atoms with Gasteiger partial charge in [0.25, 0.3) is 0 Å². The Kier molecular flexibility index (Phi) is 4.54. The van der Waals surface area contributed by atoms with Crippen molar-refractivity contribution < 1.29 is 19.4 Å². The van der Waals surface area contributed by atoms with Crippen LogP contribution in [-0.4, -0.2) is 36.5 Å². The minimum Gasteiger partial charge on any atom is -0.469 e. The Morgan fingerprint density at radius 2 is 2.20 bits per heavy atom. The van der Waals surface area contributed by atoms with E-state index in [-0.39, 0.29) is 30.2 Å². The van der Waals surface area contributed by atoms with E-state index in [2.05, 4.69) is 4.74 Å². The largest absolute Gasteiger partial charge is 0.469 e. The van der Waals surface area contributed by atoms with Crippen LogP contribution in [0.5, 0.6) is 0 Å². The van der Waals surface area contributed by atoms with Crippen LogP contribution in [0.2, 0.25) is 0 Å². The van der Waals surface area contributed by atoms with E-state index in [1.54, 1.807) is 6.92 Å². The van der Waals surface area contributed by atoms with Gasteiger partial charge in [-0.15, -0.1) is 0 Å². The number of carbonyl (C=O) groups excluding carboxylic acids is 1. The average Bonchev–Trinajstić information content (AvgIpc) is 2.63. The molecule has 0 radical (unpaired) electrons. The predicted molar refractivity (Wildman–Crippen MR) is 55.4 cm³/mol. The van der Waals surface area contributed by atoms with Crippen LogP contribution in [0.3, 0.4) is 0 Å². The molecule has 1 heterocycles. The van der Waals surface area contributed by atoms with E-state index in [1.807, 2.05) is 6.92 Å². The van der Waals surface area contributed by atoms with Crippen molar-refractivity contribution in [3.63, 3.8) is 0 Å². The molecule has 4 heteroatoms. The third kappa shape index (κ3) is 3.47. The van der Waals surface area contributed by atoms with Gasteiger partial charge in [-0.3, -0.25) is 4.79 Å². The molecule has 1 aliphatic rings. The molecule has 1 N–H and O–H groups in total. The molecule has 1 saturated heterocycles. The van der Waals surface area contributed by atoms with Crippen LogP contribution in [0.1, 0.15) is 33.1 Å². The molecule has 88 valence electrons. The molecule has 0 saturated carbocycles. The van der Waals surface area contributed by atoms with E-state index < -0.39 is 0 Å². The minimum absolute atomic E-state index is 0.0544. The smallest absolute Gasteiger partial charge is 0.311 e. The SMILES string of the molecule is COC(=O)[C@@H](C)[C@@H]1CC[C@H](C[C@@H](C)O)O1. The lowest BCUT2D eigenvalue weighted by molar-refractivity contribution is -0.150. The molecule has 1 rings (SSSR count). The lowest BCUT2D eigenvalue weighted by Crippen LogP contribution is -2.27. The Hall–Kier alpha value is -0.610. The molecule has 0 unspecified atom stereocenters. The third-order valence-electron chi connectivity index (χ3n) is 2.88. The summed E-state index contributed by atoms with van der Waals surface area (Å²) in [5, 5.41) is 9.22. The van der Waals surface area contributed by atoms with E-state index in [0.29, 0.717) is 6.42 Å². The summed E-state index contributed by atoms with van der Waals surface area (Å²) < 4.78 is 10.4. The van der Waals surface area contributed by atoms with Crippen molar-refractivity contribution in [1.29, 1.82) is 0 Å². The number of aliphatic hydroxyl groups is 1. The number of carbonyl (C=O) groups is 1. The number of hydrogen-bond acceptors (Lipinski definition) is 4. The summed E-state index contributed by atoms with van der Waals surface area (Å²) in [5.41, 5.74) is 0. The Morgan fingerprint density at radius 3 is 2.73 bits per heavy atom. The minimum atomic E-state index is -0.345. The highest BCUT2D eigenvalue weighted by atomic mass is 16.5. The van der Waals surface area contributed by atoms with Gasteiger partial charge in [0.1, 0.15) is 0 Å². The number of hydrogen-bond donors (Lipinski definition) is 1. The first-order valence-corrected chi connectivity index (χ1v) is 5.46. The highest BCUT2D eigenvalue weighted by Crippen LogP contribution is 2.28. The molecular formula is C11H20O4. The number of ether oxygens (including phenoxy) is 2. The Bertz CT molecular complexity index is 215. The number of aliphatic hydroxyl groups excluding tert-OH is 1. The zero-order chi connectivity index (χ0) is 11.4. The van der Waals surface area contributed by atoms with E-state index in [4.69, 9.17) is 4.74 Å². The molecule has 15 heavy (non-hydrogen) atoms. The van der Waals surface area contributed by atoms with Crippen LogP contribution in [0.25, 0.3) is 0 Å². The second kappa shape index (κ2) is 5.47. The molecule has 0 aliphatic carbocycles. The summed E-state index contributed by atoms with van der Waals surface area (Å²) in [6, 6.07) is 0. The normalized spacial score (nSPS) is 29.9. The first-order chi connectivity index (χ1) is 7.04. The zero-order valence-electron chi connectivity index (χ0n) is 9.60. The number of esters is 1. The molecule has 1 aliphatic heterocycles. The summed E-state index contributed by atoms with van der Waals surface area (Å²) in [7, 11) is 1.39. The van der Waals surface area contributed by atoms with Crippen LogP contribution in [0.15, 0.2) is 0 Å². The molecule has 1 fully saturated rings. The highest BCUT2D eigenvalue weighted by Gasteiger charge is 2.33. The topological polar surface area (TPSA) is 55.8 Å². The molecule has 4 atom stereocenters. The predicted octanol–water partition coefficient (Wildman–Crippen LogP) is 1.11. The highest BCUT2D eigenvalue weighted by molar-refractivity contribution is 5.72. The Morgan fingerprint density at radius 1 is 1.53 bits per heavy atom. The third-order valence-corrected chi connectivity index (χ3v) is 2.88. The second-order valence-electron chi connectivity index (χ2n) is 4.27. The van der Waals surface area contributed by atoms with Crippen LogP contribution in [-0.2, 0) is 14.3 Å². The van der Waals surface area contributed by atoms with Crippen molar-refractivity contribution in [2.75, 3.05) is 7.11 Å². The maximum absolute atomic E-state index is 11.3. The summed E-state index contributed by atoms with van der Waals surface area (Å²) in [4.78, 5) is 11.3. The van der Waals surface area contributed by atoms with E-state index in [9.17, 15) is 9.90 Å². The van der Waals surface area contributed by atoms with Crippen molar-refractivity contribution in [3.05, 3.63) is 0 Å². The fourth-order valence-corrected chi connectivity index (χ4v) is 1.99. The van der Waals surface area contributed by atoms with Crippen LogP contribution in [0, 0.1) is 5.92 Å². The van der Waals surface area contributed by atoms with Gasteiger partial charge in [0.05, 0.1) is 31.3 Å². The van der Waals surface area contributed by atoms with Gasteiger partial charge in [0.15, 0.2) is 0 Å². The summed E-state index contributed by atoms with van der Waals surface area (Å²) >= 11 is 0. The monoisotopic (exact) mass is 216 g/mol. The first-order valence-electron chi connectivity index (χ1n) is 5.46. The summed E-state index contributed by atoms with van der Waals surface area (Å²) in [6.07, 6.45) is 2.11. The number of methoxy groups -OCH3 is 1. The molecule has 0 aromatic heterocycles. The van der Waals surface area contributed by atoms with Crippen molar-refractivity contribution in [2.24, 2.45) is 5.92 Å². The second-order valence-corrected chi connectivity index (χ2v) is 4.27. The van der Waals surface area contributed by atoms with Gasteiger partial charge >= 0.3 is 5.97 Å². The average molecular weight is 216 g/mol. The lowest BCUT2D eigenvalue weighted by atomic mass is 10.0. The van der Waals surface area contributed by atoms with Crippen molar-refractivity contribution in [3.8, 4) is 0 Å². The fourth-order valence-electron chi connectivity index (χ4n) is 1.99. The molecule has 0 spiro atoms. The maximum Gasteiger partial charge on any atom is 0.311 e. The molecule has 0 aromatic rings. The van der Waals surface area contributed by atoms with Crippen molar-refractivity contribution in [2.45, 2.75) is 51.4 Å². The lowest BCUT2D eigenvalue weighted by Gasteiger charge is -2.18. The van der Waals surface area contributed by atoms with E-state index in [0.717, 1.165) is 12.8 Å². The quantitative estimate of drug-likeness (QED) is 0.715. The van der Waals surface area contributed by atoms with Crippen molar-refractivity contribution >= 4 is 5.97 Å². The standard InChI is InChI=1S/C11H20O4/c1-7(12)6-9-4-5-10(15-9)8(2)11(13)14-3/h7-10,12H,4-6H2,1-3H3/t7-,8+,9-,10+/m1/s1. The van der Waals surface area contributed by atoms with Crippen LogP contribution < -0.4 is 0 Å². The Labute approximate surface area is 90.6 Å². The van der Waals surface area contributed by atoms with Gasteiger partial charge in [-0.1, -0.05) is 0 Å². The van der Waals surface area contributed by atoms with Gasteiger partial charge in [-0.25, -0.2) is 0 Å². The van der Waals surface area contributed by atoms with Crippen LogP contribution >= 0.6 is 0 Å². The molecule has 0 aromatic carbocycles. The van der Waals surface area contributed by atoms with E-state index >= 15 is 0 Å². The molecule has 4 nitrogen and oxygen atoms in total. The van der Waals surface area contributed by atoms with Crippen LogP contribution in [0.4, 0.5) is 0 Å². The fraction of sp³-hybridized carbons (Fsp3) is 0.909. The van der Waals surface area contributed by atoms with Gasteiger partial charge < -0.3 is 14.6 Å². The molecular weight excluding hydrogens is 196 g/mol. The Balaban J connectivity index is 2.38. The molecule has 0 amide bonds. The zero-order valence-corrected chi connectivity index (χ0v) is 9.60. The number of rotatable bonds is 4. The molecule has 0 bridgehead atoms. The van der Waals surface area contributed by atoms with Gasteiger partial charge in [-0.2, -0.15) is 0 Å². The summed E-state index contributed by atoms with van der Waals surface area (Å²) in [6.45, 7) is 3.57. The maximum atomic E-state index is 11.3. The first kappa shape index (κ1) is 12.5. The van der Waals surface area contributed by atoms with Gasteiger partial charge in [0.2, 0.25) is 0 Å². The van der Waals surface area contributed by atoms with Gasteiger partial charge in [0, 0.05) is 0 Å². The van der Waals surface area contributed by atoms with Crippen molar-refractivity contribution in [1.82, 2.24) is 0 Å². The van der Waals surface area contributed by atoms with Gasteiger partial charge in [-0.05, 0) is 33.1 Å². The van der Waals surface area contributed by atoms with E-state index in [1.165, 1.54) is 7.11 Å².